The zero-order valence-corrected chi connectivity index (χ0v) is 20.7. The molecule has 0 saturated carbocycles. The number of likely N-dealkylation sites (tertiary alicyclic amines) is 1. The van der Waals surface area contributed by atoms with Gasteiger partial charge in [0.15, 0.2) is 0 Å². The van der Waals surface area contributed by atoms with Gasteiger partial charge in [0.05, 0.1) is 25.6 Å². The predicted octanol–water partition coefficient (Wildman–Crippen LogP) is 2.40. The standard InChI is InChI=1S/C24H28F3N5O4S/c25-24(26,27)16-10-19(23(35)31-11-18-9-15(14-37-18)22(28)29)32(13-16)21(34)12-30-20(33)7-4-8-36-17-5-2-1-3-6-17/h1-3,5-6,9,14,16,19H,4,7-8,10-13H2,(H3,28,29)(H,30,33)(H,31,35)/t16-,19-/m0/s1. The monoisotopic (exact) mass is 539 g/mol. The van der Waals surface area contributed by atoms with E-state index < -0.39 is 55.4 Å². The third-order valence-electron chi connectivity index (χ3n) is 5.79. The van der Waals surface area contributed by atoms with Crippen LogP contribution >= 0.6 is 11.3 Å². The van der Waals surface area contributed by atoms with Crippen LogP contribution in [0.5, 0.6) is 5.75 Å². The summed E-state index contributed by atoms with van der Waals surface area (Å²) >= 11 is 1.24. The molecular weight excluding hydrogens is 511 g/mol. The number of carbonyl (C=O) groups is 3. The Bertz CT molecular complexity index is 1110. The van der Waals surface area contributed by atoms with Gasteiger partial charge in [-0.1, -0.05) is 18.2 Å². The Hall–Kier alpha value is -3.61. The van der Waals surface area contributed by atoms with Crippen LogP contribution in [-0.4, -0.2) is 60.4 Å². The highest BCUT2D eigenvalue weighted by Crippen LogP contribution is 2.36. The lowest BCUT2D eigenvalue weighted by atomic mass is 10.0. The van der Waals surface area contributed by atoms with E-state index in [4.69, 9.17) is 15.9 Å². The third kappa shape index (κ3) is 8.20. The number of nitrogens with one attached hydrogen (secondary N) is 3. The zero-order valence-electron chi connectivity index (χ0n) is 19.8. The number of nitrogen functional groups attached to an aromatic ring is 1. The fourth-order valence-electron chi connectivity index (χ4n) is 3.81. The lowest BCUT2D eigenvalue weighted by Gasteiger charge is -2.24. The summed E-state index contributed by atoms with van der Waals surface area (Å²) in [6.07, 6.45) is -4.68. The third-order valence-corrected chi connectivity index (χ3v) is 6.72. The summed E-state index contributed by atoms with van der Waals surface area (Å²) in [5.74, 6) is -3.26. The summed E-state index contributed by atoms with van der Waals surface area (Å²) in [6.45, 7) is -0.868. The van der Waals surface area contributed by atoms with Crippen molar-refractivity contribution >= 4 is 34.9 Å². The second-order valence-electron chi connectivity index (χ2n) is 8.51. The summed E-state index contributed by atoms with van der Waals surface area (Å²) in [5, 5.41) is 14.0. The molecule has 13 heteroatoms. The molecule has 9 nitrogen and oxygen atoms in total. The van der Waals surface area contributed by atoms with E-state index in [0.29, 0.717) is 22.6 Å². The molecule has 3 amide bonds. The highest BCUT2D eigenvalue weighted by Gasteiger charge is 2.50. The van der Waals surface area contributed by atoms with E-state index in [1.165, 1.54) is 11.3 Å². The molecule has 2 atom stereocenters. The number of benzene rings is 1. The maximum Gasteiger partial charge on any atom is 0.393 e. The van der Waals surface area contributed by atoms with Gasteiger partial charge in [0.1, 0.15) is 17.6 Å². The number of hydrogen-bond acceptors (Lipinski definition) is 6. The summed E-state index contributed by atoms with van der Waals surface area (Å²) < 4.78 is 45.7. The molecule has 0 aliphatic carbocycles. The molecule has 1 aromatic heterocycles. The van der Waals surface area contributed by atoms with Crippen molar-refractivity contribution in [3.8, 4) is 5.75 Å². The number of thiophene rings is 1. The summed E-state index contributed by atoms with van der Waals surface area (Å²) in [6, 6.07) is 9.31. The highest BCUT2D eigenvalue weighted by molar-refractivity contribution is 7.10. The van der Waals surface area contributed by atoms with Crippen molar-refractivity contribution < 1.29 is 32.3 Å². The molecular formula is C24H28F3N5O4S. The lowest BCUT2D eigenvalue weighted by Crippen LogP contribution is -2.48. The summed E-state index contributed by atoms with van der Waals surface area (Å²) in [7, 11) is 0. The number of nitrogens with zero attached hydrogens (tertiary/aromatic N) is 1. The molecule has 1 aliphatic rings. The van der Waals surface area contributed by atoms with Gasteiger partial charge in [0, 0.05) is 28.8 Å². The molecule has 200 valence electrons. The highest BCUT2D eigenvalue weighted by atomic mass is 32.1. The molecule has 1 fully saturated rings. The van der Waals surface area contributed by atoms with Crippen molar-refractivity contribution in [1.82, 2.24) is 15.5 Å². The number of ether oxygens (including phenoxy) is 1. The molecule has 5 N–H and O–H groups in total. The molecule has 1 saturated heterocycles. The number of para-hydroxylation sites is 1. The van der Waals surface area contributed by atoms with Crippen LogP contribution in [0.3, 0.4) is 0 Å². The number of amides is 3. The van der Waals surface area contributed by atoms with Crippen molar-refractivity contribution in [2.75, 3.05) is 19.7 Å². The minimum atomic E-state index is -4.57. The lowest BCUT2D eigenvalue weighted by molar-refractivity contribution is -0.171. The second-order valence-corrected chi connectivity index (χ2v) is 9.51. The Kier molecular flexibility index (Phi) is 9.50. The van der Waals surface area contributed by atoms with E-state index in [2.05, 4.69) is 10.6 Å². The van der Waals surface area contributed by atoms with E-state index in [1.54, 1.807) is 23.6 Å². The van der Waals surface area contributed by atoms with Crippen LogP contribution in [0.25, 0.3) is 0 Å². The summed E-state index contributed by atoms with van der Waals surface area (Å²) in [4.78, 5) is 39.1. The predicted molar refractivity (Wildman–Crippen MR) is 131 cm³/mol. The van der Waals surface area contributed by atoms with Gasteiger partial charge in [-0.3, -0.25) is 19.8 Å². The van der Waals surface area contributed by atoms with Crippen LogP contribution in [0.4, 0.5) is 13.2 Å². The first-order valence-corrected chi connectivity index (χ1v) is 12.4. The number of amidine groups is 1. The minimum absolute atomic E-state index is 0.0216. The van der Waals surface area contributed by atoms with Gasteiger partial charge in [-0.25, -0.2) is 0 Å². The molecule has 1 aliphatic heterocycles. The number of carbonyl (C=O) groups excluding carboxylic acids is 3. The quantitative estimate of drug-likeness (QED) is 0.197. The first-order valence-electron chi connectivity index (χ1n) is 11.5. The SMILES string of the molecule is N=C(N)c1csc(CNC(=O)[C@@H]2C[C@H](C(F)(F)F)CN2C(=O)CNC(=O)CCCOc2ccccc2)c1. The average molecular weight is 540 g/mol. The maximum atomic E-state index is 13.4. The number of hydrogen-bond donors (Lipinski definition) is 4. The number of halogens is 3. The van der Waals surface area contributed by atoms with Crippen LogP contribution in [-0.2, 0) is 20.9 Å². The number of alkyl halides is 3. The van der Waals surface area contributed by atoms with Crippen molar-refractivity contribution in [2.24, 2.45) is 11.7 Å². The summed E-state index contributed by atoms with van der Waals surface area (Å²) in [5.41, 5.74) is 5.89. The molecule has 0 unspecified atom stereocenters. The van der Waals surface area contributed by atoms with Gasteiger partial charge < -0.3 is 26.0 Å². The van der Waals surface area contributed by atoms with Crippen LogP contribution in [0.1, 0.15) is 29.7 Å². The Morgan fingerprint density at radius 1 is 1.19 bits per heavy atom. The van der Waals surface area contributed by atoms with Crippen LogP contribution in [0.2, 0.25) is 0 Å². The zero-order chi connectivity index (χ0) is 27.0. The van der Waals surface area contributed by atoms with Crippen molar-refractivity contribution in [3.63, 3.8) is 0 Å². The number of nitrogens with two attached hydrogens (primary N) is 1. The molecule has 0 bridgehead atoms. The average Bonchev–Trinajstić information content (AvgIpc) is 3.52. The second kappa shape index (κ2) is 12.6. The maximum absolute atomic E-state index is 13.4. The molecule has 0 spiro atoms. The van der Waals surface area contributed by atoms with Crippen LogP contribution < -0.4 is 21.1 Å². The van der Waals surface area contributed by atoms with Crippen LogP contribution in [0, 0.1) is 11.3 Å². The normalized spacial score (nSPS) is 17.3. The molecule has 1 aromatic carbocycles. The molecule has 3 rings (SSSR count). The van der Waals surface area contributed by atoms with Crippen molar-refractivity contribution in [2.45, 2.75) is 38.0 Å². The first-order chi connectivity index (χ1) is 17.5. The Labute approximate surface area is 215 Å². The van der Waals surface area contributed by atoms with Gasteiger partial charge in [-0.2, -0.15) is 13.2 Å². The first kappa shape index (κ1) is 28.0. The molecule has 2 aromatic rings. The fraction of sp³-hybridized carbons (Fsp3) is 0.417. The van der Waals surface area contributed by atoms with Crippen LogP contribution in [0.15, 0.2) is 41.8 Å². The fourth-order valence-corrected chi connectivity index (χ4v) is 4.63. The topological polar surface area (TPSA) is 138 Å². The van der Waals surface area contributed by atoms with Gasteiger partial charge >= 0.3 is 6.18 Å². The smallest absolute Gasteiger partial charge is 0.393 e. The van der Waals surface area contributed by atoms with Crippen molar-refractivity contribution in [3.05, 3.63) is 52.2 Å². The van der Waals surface area contributed by atoms with Gasteiger partial charge in [-0.15, -0.1) is 11.3 Å². The van der Waals surface area contributed by atoms with Crippen molar-refractivity contribution in [1.29, 1.82) is 5.41 Å². The van der Waals surface area contributed by atoms with Gasteiger partial charge in [0.25, 0.3) is 0 Å². The van der Waals surface area contributed by atoms with E-state index in [9.17, 15) is 27.6 Å². The molecule has 0 radical (unpaired) electrons. The minimum Gasteiger partial charge on any atom is -0.494 e. The Morgan fingerprint density at radius 2 is 1.92 bits per heavy atom. The van der Waals surface area contributed by atoms with Gasteiger partial charge in [0.2, 0.25) is 17.7 Å². The Balaban J connectivity index is 1.50. The van der Waals surface area contributed by atoms with E-state index in [-0.39, 0.29) is 25.4 Å². The largest absolute Gasteiger partial charge is 0.494 e. The van der Waals surface area contributed by atoms with E-state index in [1.807, 2.05) is 18.2 Å². The Morgan fingerprint density at radius 3 is 2.57 bits per heavy atom. The van der Waals surface area contributed by atoms with E-state index >= 15 is 0 Å². The molecule has 2 heterocycles. The van der Waals surface area contributed by atoms with Gasteiger partial charge in [-0.05, 0) is 31.0 Å². The molecule has 37 heavy (non-hydrogen) atoms. The number of rotatable bonds is 11. The van der Waals surface area contributed by atoms with E-state index in [0.717, 1.165) is 4.90 Å².